The van der Waals surface area contributed by atoms with Crippen molar-refractivity contribution in [3.05, 3.63) is 11.6 Å². The second-order valence-electron chi connectivity index (χ2n) is 4.57. The van der Waals surface area contributed by atoms with Gasteiger partial charge >= 0.3 is 0 Å². The Bertz CT molecular complexity index is 559. The number of imidazole rings is 1. The maximum atomic E-state index is 6.04. The lowest BCUT2D eigenvalue weighted by Gasteiger charge is -2.27. The van der Waals surface area contributed by atoms with E-state index in [2.05, 4.69) is 26.8 Å². The monoisotopic (exact) mass is 265 g/mol. The van der Waals surface area contributed by atoms with Crippen LogP contribution < -0.4 is 4.90 Å². The number of anilines is 1. The molecule has 0 spiro atoms. The molecule has 18 heavy (non-hydrogen) atoms. The molecular weight excluding hydrogens is 250 g/mol. The molecule has 1 aliphatic rings. The molecule has 3 heterocycles. The summed E-state index contributed by atoms with van der Waals surface area (Å²) < 4.78 is 2.00. The van der Waals surface area contributed by atoms with Gasteiger partial charge in [-0.25, -0.2) is 4.98 Å². The highest BCUT2D eigenvalue weighted by molar-refractivity contribution is 6.28. The molecule has 0 unspecified atom stereocenters. The minimum atomic E-state index is 0.304. The second kappa shape index (κ2) is 4.72. The van der Waals surface area contributed by atoms with E-state index in [9.17, 15) is 0 Å². The van der Waals surface area contributed by atoms with Gasteiger partial charge in [0.05, 0.1) is 6.33 Å². The van der Waals surface area contributed by atoms with E-state index >= 15 is 0 Å². The van der Waals surface area contributed by atoms with Crippen molar-refractivity contribution in [1.82, 2.24) is 19.5 Å². The Morgan fingerprint density at radius 1 is 1.22 bits per heavy atom. The minimum absolute atomic E-state index is 0.304. The second-order valence-corrected chi connectivity index (χ2v) is 4.90. The quantitative estimate of drug-likeness (QED) is 0.783. The molecule has 1 aliphatic heterocycles. The molecule has 0 amide bonds. The Morgan fingerprint density at radius 3 is 2.72 bits per heavy atom. The van der Waals surface area contributed by atoms with Gasteiger partial charge < -0.3 is 9.47 Å². The molecule has 0 aliphatic carbocycles. The van der Waals surface area contributed by atoms with Crippen molar-refractivity contribution in [2.24, 2.45) is 0 Å². The molecule has 0 atom stereocenters. The first-order valence-corrected chi connectivity index (χ1v) is 6.80. The molecule has 96 valence electrons. The maximum absolute atomic E-state index is 6.04. The van der Waals surface area contributed by atoms with Gasteiger partial charge in [-0.15, -0.1) is 0 Å². The summed E-state index contributed by atoms with van der Waals surface area (Å²) in [6.07, 6.45) is 5.51. The van der Waals surface area contributed by atoms with E-state index in [0.29, 0.717) is 5.28 Å². The average molecular weight is 266 g/mol. The number of hydrogen-bond acceptors (Lipinski definition) is 4. The SMILES string of the molecule is CCn1cnc2c(N3CCCCC3)nc(Cl)nc21. The zero-order valence-corrected chi connectivity index (χ0v) is 11.2. The van der Waals surface area contributed by atoms with Crippen LogP contribution in [-0.4, -0.2) is 32.6 Å². The van der Waals surface area contributed by atoms with Gasteiger partial charge in [-0.2, -0.15) is 9.97 Å². The molecule has 0 N–H and O–H groups in total. The summed E-state index contributed by atoms with van der Waals surface area (Å²) in [5, 5.41) is 0.304. The van der Waals surface area contributed by atoms with E-state index in [1.54, 1.807) is 0 Å². The summed E-state index contributed by atoms with van der Waals surface area (Å²) in [4.78, 5) is 15.4. The predicted octanol–water partition coefficient (Wildman–Crippen LogP) is 2.49. The number of nitrogens with zero attached hydrogens (tertiary/aromatic N) is 5. The molecule has 5 nitrogen and oxygen atoms in total. The van der Waals surface area contributed by atoms with Crippen LogP contribution in [0, 0.1) is 0 Å². The number of rotatable bonds is 2. The summed E-state index contributed by atoms with van der Waals surface area (Å²) in [7, 11) is 0. The van der Waals surface area contributed by atoms with Crippen molar-refractivity contribution in [3.63, 3.8) is 0 Å². The summed E-state index contributed by atoms with van der Waals surface area (Å²) in [6, 6.07) is 0. The van der Waals surface area contributed by atoms with Crippen molar-refractivity contribution < 1.29 is 0 Å². The molecule has 0 aromatic carbocycles. The van der Waals surface area contributed by atoms with Crippen molar-refractivity contribution in [2.75, 3.05) is 18.0 Å². The average Bonchev–Trinajstić information content (AvgIpc) is 2.81. The van der Waals surface area contributed by atoms with Crippen LogP contribution in [0.15, 0.2) is 6.33 Å². The van der Waals surface area contributed by atoms with Gasteiger partial charge in [-0.3, -0.25) is 0 Å². The molecule has 0 radical (unpaired) electrons. The van der Waals surface area contributed by atoms with Gasteiger partial charge in [-0.1, -0.05) is 0 Å². The molecule has 0 bridgehead atoms. The van der Waals surface area contributed by atoms with E-state index in [1.165, 1.54) is 19.3 Å². The van der Waals surface area contributed by atoms with Gasteiger partial charge in [0.15, 0.2) is 17.0 Å². The zero-order chi connectivity index (χ0) is 12.5. The number of aryl methyl sites for hydroxylation is 1. The molecule has 2 aromatic rings. The Labute approximate surface area is 111 Å². The first kappa shape index (κ1) is 11.7. The molecule has 1 saturated heterocycles. The number of aromatic nitrogens is 4. The fourth-order valence-corrected chi connectivity index (χ4v) is 2.62. The molecule has 0 saturated carbocycles. The lowest BCUT2D eigenvalue weighted by Crippen LogP contribution is -2.30. The van der Waals surface area contributed by atoms with E-state index < -0.39 is 0 Å². The highest BCUT2D eigenvalue weighted by Gasteiger charge is 2.19. The van der Waals surface area contributed by atoms with Gasteiger partial charge in [0.25, 0.3) is 0 Å². The summed E-state index contributed by atoms with van der Waals surface area (Å²) in [5.74, 6) is 0.886. The van der Waals surface area contributed by atoms with Gasteiger partial charge in [0.1, 0.15) is 0 Å². The van der Waals surface area contributed by atoms with Crippen molar-refractivity contribution in [2.45, 2.75) is 32.7 Å². The third-order valence-corrected chi connectivity index (χ3v) is 3.58. The van der Waals surface area contributed by atoms with Gasteiger partial charge in [0, 0.05) is 19.6 Å². The number of halogens is 1. The smallest absolute Gasteiger partial charge is 0.226 e. The van der Waals surface area contributed by atoms with Crippen LogP contribution in [-0.2, 0) is 6.54 Å². The van der Waals surface area contributed by atoms with Gasteiger partial charge in [-0.05, 0) is 37.8 Å². The van der Waals surface area contributed by atoms with E-state index in [1.807, 2.05) is 10.9 Å². The van der Waals surface area contributed by atoms with Crippen LogP contribution in [0.5, 0.6) is 0 Å². The zero-order valence-electron chi connectivity index (χ0n) is 10.4. The van der Waals surface area contributed by atoms with E-state index in [-0.39, 0.29) is 0 Å². The summed E-state index contributed by atoms with van der Waals surface area (Å²) >= 11 is 6.04. The lowest BCUT2D eigenvalue weighted by atomic mass is 10.1. The third kappa shape index (κ3) is 1.92. The standard InChI is InChI=1S/C12H16ClN5/c1-2-17-8-14-9-10(17)15-12(13)16-11(9)18-6-4-3-5-7-18/h8H,2-7H2,1H3. The number of hydrogen-bond donors (Lipinski definition) is 0. The summed E-state index contributed by atoms with van der Waals surface area (Å²) in [6.45, 7) is 4.96. The topological polar surface area (TPSA) is 46.8 Å². The normalized spacial score (nSPS) is 16.4. The maximum Gasteiger partial charge on any atom is 0.226 e. The largest absolute Gasteiger partial charge is 0.355 e. The highest BCUT2D eigenvalue weighted by atomic mass is 35.5. The molecule has 3 rings (SSSR count). The van der Waals surface area contributed by atoms with Crippen molar-refractivity contribution in [3.8, 4) is 0 Å². The van der Waals surface area contributed by atoms with E-state index in [0.717, 1.165) is 36.6 Å². The van der Waals surface area contributed by atoms with Crippen molar-refractivity contribution in [1.29, 1.82) is 0 Å². The first-order chi connectivity index (χ1) is 8.79. The Balaban J connectivity index is 2.12. The predicted molar refractivity (Wildman–Crippen MR) is 72.1 cm³/mol. The Morgan fingerprint density at radius 2 is 2.00 bits per heavy atom. The molecule has 1 fully saturated rings. The van der Waals surface area contributed by atoms with Crippen LogP contribution in [0.25, 0.3) is 11.2 Å². The third-order valence-electron chi connectivity index (χ3n) is 3.41. The Hall–Kier alpha value is -1.36. The lowest BCUT2D eigenvalue weighted by molar-refractivity contribution is 0.574. The number of fused-ring (bicyclic) bond motifs is 1. The van der Waals surface area contributed by atoms with Crippen LogP contribution >= 0.6 is 11.6 Å². The highest BCUT2D eigenvalue weighted by Crippen LogP contribution is 2.26. The van der Waals surface area contributed by atoms with Gasteiger partial charge in [0.2, 0.25) is 5.28 Å². The van der Waals surface area contributed by atoms with Crippen LogP contribution in [0.2, 0.25) is 5.28 Å². The fourth-order valence-electron chi connectivity index (χ4n) is 2.46. The molecular formula is C12H16ClN5. The fraction of sp³-hybridized carbons (Fsp3) is 0.583. The van der Waals surface area contributed by atoms with Crippen LogP contribution in [0.1, 0.15) is 26.2 Å². The number of piperidine rings is 1. The molecule has 2 aromatic heterocycles. The van der Waals surface area contributed by atoms with Crippen LogP contribution in [0.4, 0.5) is 5.82 Å². The van der Waals surface area contributed by atoms with E-state index in [4.69, 9.17) is 11.6 Å². The first-order valence-electron chi connectivity index (χ1n) is 6.43. The van der Waals surface area contributed by atoms with Crippen molar-refractivity contribution >= 4 is 28.6 Å². The Kier molecular flexibility index (Phi) is 3.07. The minimum Gasteiger partial charge on any atom is -0.355 e. The van der Waals surface area contributed by atoms with Crippen LogP contribution in [0.3, 0.4) is 0 Å². The summed E-state index contributed by atoms with van der Waals surface area (Å²) in [5.41, 5.74) is 1.70. The molecule has 6 heteroatoms.